The zero-order valence-corrected chi connectivity index (χ0v) is 15.1. The average molecular weight is 361 g/mol. The van der Waals surface area contributed by atoms with E-state index >= 15 is 0 Å². The number of hydrogen-bond acceptors (Lipinski definition) is 5. The van der Waals surface area contributed by atoms with Gasteiger partial charge in [-0.2, -0.15) is 0 Å². The predicted molar refractivity (Wildman–Crippen MR) is 102 cm³/mol. The van der Waals surface area contributed by atoms with Crippen molar-refractivity contribution in [3.05, 3.63) is 42.9 Å². The van der Waals surface area contributed by atoms with Crippen LogP contribution in [0, 0.1) is 17.8 Å². The van der Waals surface area contributed by atoms with Crippen LogP contribution in [0.4, 0.5) is 5.82 Å². The number of aliphatic hydroxyl groups excluding tert-OH is 1. The van der Waals surface area contributed by atoms with Crippen molar-refractivity contribution < 1.29 is 5.11 Å². The SMILES string of the molecule is OC1C2CC3CC1CC(Nc1ccc4ncc(-c5ccncc5)n4n1)(C3)C2. The van der Waals surface area contributed by atoms with E-state index in [0.29, 0.717) is 11.8 Å². The molecule has 6 nitrogen and oxygen atoms in total. The molecule has 0 saturated heterocycles. The molecule has 3 aromatic heterocycles. The van der Waals surface area contributed by atoms with Crippen molar-refractivity contribution in [3.63, 3.8) is 0 Å². The fourth-order valence-corrected chi connectivity index (χ4v) is 6.08. The minimum Gasteiger partial charge on any atom is -0.393 e. The molecule has 4 fully saturated rings. The first-order valence-electron chi connectivity index (χ1n) is 9.91. The lowest BCUT2D eigenvalue weighted by molar-refractivity contribution is -0.0961. The normalized spacial score (nSPS) is 34.3. The molecule has 2 unspecified atom stereocenters. The van der Waals surface area contributed by atoms with Crippen molar-refractivity contribution in [1.29, 1.82) is 0 Å². The van der Waals surface area contributed by atoms with Gasteiger partial charge in [0.2, 0.25) is 0 Å². The van der Waals surface area contributed by atoms with E-state index in [1.54, 1.807) is 12.4 Å². The first kappa shape index (κ1) is 15.6. The molecule has 7 rings (SSSR count). The lowest BCUT2D eigenvalue weighted by atomic mass is 9.52. The summed E-state index contributed by atoms with van der Waals surface area (Å²) >= 11 is 0. The third-order valence-electron chi connectivity index (χ3n) is 6.96. The largest absolute Gasteiger partial charge is 0.393 e. The smallest absolute Gasteiger partial charge is 0.154 e. The zero-order valence-electron chi connectivity index (χ0n) is 15.1. The third-order valence-corrected chi connectivity index (χ3v) is 6.96. The van der Waals surface area contributed by atoms with Crippen LogP contribution in [0.1, 0.15) is 32.1 Å². The number of hydrogen-bond donors (Lipinski definition) is 2. The Labute approximate surface area is 157 Å². The van der Waals surface area contributed by atoms with Gasteiger partial charge in [-0.1, -0.05) is 0 Å². The van der Waals surface area contributed by atoms with Crippen LogP contribution in [0.5, 0.6) is 0 Å². The zero-order chi connectivity index (χ0) is 18.0. The molecule has 4 bridgehead atoms. The van der Waals surface area contributed by atoms with Gasteiger partial charge in [0.1, 0.15) is 5.82 Å². The van der Waals surface area contributed by atoms with Crippen LogP contribution >= 0.6 is 0 Å². The Morgan fingerprint density at radius 2 is 1.81 bits per heavy atom. The second-order valence-electron chi connectivity index (χ2n) is 8.73. The van der Waals surface area contributed by atoms with Gasteiger partial charge < -0.3 is 10.4 Å². The van der Waals surface area contributed by atoms with Crippen LogP contribution in [0.25, 0.3) is 16.9 Å². The fraction of sp³-hybridized carbons (Fsp3) is 0.476. The van der Waals surface area contributed by atoms with Crippen molar-refractivity contribution in [2.24, 2.45) is 17.8 Å². The highest BCUT2D eigenvalue weighted by Gasteiger charge is 2.55. The molecule has 4 aliphatic carbocycles. The Bertz CT molecular complexity index is 984. The number of anilines is 1. The first-order valence-corrected chi connectivity index (χ1v) is 9.91. The van der Waals surface area contributed by atoms with Gasteiger partial charge in [-0.05, 0) is 74.1 Å². The molecule has 138 valence electrons. The number of imidazole rings is 1. The first-order chi connectivity index (χ1) is 13.2. The lowest BCUT2D eigenvalue weighted by Gasteiger charge is -2.59. The van der Waals surface area contributed by atoms with Crippen molar-refractivity contribution >= 4 is 11.5 Å². The Morgan fingerprint density at radius 1 is 1.04 bits per heavy atom. The van der Waals surface area contributed by atoms with E-state index in [1.807, 2.05) is 35.0 Å². The number of aromatic nitrogens is 4. The van der Waals surface area contributed by atoms with Gasteiger partial charge in [-0.3, -0.25) is 4.98 Å². The highest BCUT2D eigenvalue weighted by Crippen LogP contribution is 2.56. The summed E-state index contributed by atoms with van der Waals surface area (Å²) in [6, 6.07) is 8.01. The maximum absolute atomic E-state index is 10.5. The fourth-order valence-electron chi connectivity index (χ4n) is 6.08. The Morgan fingerprint density at radius 3 is 2.59 bits per heavy atom. The molecular weight excluding hydrogens is 338 g/mol. The Hall–Kier alpha value is -2.47. The highest BCUT2D eigenvalue weighted by atomic mass is 16.3. The molecule has 3 aromatic rings. The van der Waals surface area contributed by atoms with Crippen LogP contribution in [-0.2, 0) is 0 Å². The predicted octanol–water partition coefficient (Wildman–Crippen LogP) is 3.14. The van der Waals surface area contributed by atoms with Gasteiger partial charge in [-0.25, -0.2) is 9.50 Å². The minimum atomic E-state index is -0.0983. The molecule has 0 radical (unpaired) electrons. The summed E-state index contributed by atoms with van der Waals surface area (Å²) in [5.74, 6) is 2.55. The molecule has 4 saturated carbocycles. The van der Waals surface area contributed by atoms with Gasteiger partial charge in [0, 0.05) is 23.5 Å². The quantitative estimate of drug-likeness (QED) is 0.750. The van der Waals surface area contributed by atoms with Crippen LogP contribution in [0.15, 0.2) is 42.9 Å². The van der Waals surface area contributed by atoms with Crippen LogP contribution < -0.4 is 5.32 Å². The molecular formula is C21H23N5O. The molecule has 0 amide bonds. The molecule has 3 heterocycles. The summed E-state index contributed by atoms with van der Waals surface area (Å²) in [6.45, 7) is 0. The van der Waals surface area contributed by atoms with Crippen LogP contribution in [-0.4, -0.2) is 36.3 Å². The summed E-state index contributed by atoms with van der Waals surface area (Å²) in [5.41, 5.74) is 2.96. The standard InChI is InChI=1S/C21H23N5O/c27-20-15-7-13-8-16(20)11-21(9-13,10-15)24-18-1-2-19-23-12-17(26(19)25-18)14-3-5-22-6-4-14/h1-6,12-13,15-16,20,27H,7-11H2,(H,24,25). The van der Waals surface area contributed by atoms with Crippen molar-refractivity contribution in [2.75, 3.05) is 5.32 Å². The lowest BCUT2D eigenvalue weighted by Crippen LogP contribution is -2.60. The van der Waals surface area contributed by atoms with Gasteiger partial charge in [0.15, 0.2) is 5.65 Å². The van der Waals surface area contributed by atoms with E-state index in [0.717, 1.165) is 41.5 Å². The van der Waals surface area contributed by atoms with Crippen molar-refractivity contribution in [3.8, 4) is 11.3 Å². The van der Waals surface area contributed by atoms with Crippen LogP contribution in [0.2, 0.25) is 0 Å². The molecule has 4 aliphatic rings. The topological polar surface area (TPSA) is 75.3 Å². The van der Waals surface area contributed by atoms with E-state index < -0.39 is 0 Å². The third kappa shape index (κ3) is 2.39. The van der Waals surface area contributed by atoms with E-state index in [4.69, 9.17) is 5.10 Å². The van der Waals surface area contributed by atoms with E-state index in [2.05, 4.69) is 15.3 Å². The number of fused-ring (bicyclic) bond motifs is 1. The number of nitrogens with zero attached hydrogens (tertiary/aromatic N) is 4. The molecule has 2 N–H and O–H groups in total. The summed E-state index contributed by atoms with van der Waals surface area (Å²) in [6.07, 6.45) is 11.1. The molecule has 27 heavy (non-hydrogen) atoms. The molecule has 6 heteroatoms. The van der Waals surface area contributed by atoms with Gasteiger partial charge in [0.25, 0.3) is 0 Å². The maximum atomic E-state index is 10.5. The second kappa shape index (κ2) is 5.52. The monoisotopic (exact) mass is 361 g/mol. The van der Waals surface area contributed by atoms with Gasteiger partial charge in [0.05, 0.1) is 18.0 Å². The molecule has 0 aliphatic heterocycles. The second-order valence-corrected chi connectivity index (χ2v) is 8.73. The van der Waals surface area contributed by atoms with Crippen LogP contribution in [0.3, 0.4) is 0 Å². The van der Waals surface area contributed by atoms with E-state index in [1.165, 1.54) is 19.3 Å². The minimum absolute atomic E-state index is 0.0911. The number of rotatable bonds is 3. The highest BCUT2D eigenvalue weighted by molar-refractivity contribution is 5.63. The summed E-state index contributed by atoms with van der Waals surface area (Å²) < 4.78 is 1.91. The molecule has 2 atom stereocenters. The average Bonchev–Trinajstić information content (AvgIpc) is 3.09. The Kier molecular flexibility index (Phi) is 3.18. The number of nitrogens with one attached hydrogen (secondary N) is 1. The van der Waals surface area contributed by atoms with Crippen molar-refractivity contribution in [1.82, 2.24) is 19.6 Å². The maximum Gasteiger partial charge on any atom is 0.154 e. The van der Waals surface area contributed by atoms with Crippen molar-refractivity contribution in [2.45, 2.75) is 43.7 Å². The summed E-state index contributed by atoms with van der Waals surface area (Å²) in [4.78, 5) is 8.59. The van der Waals surface area contributed by atoms with E-state index in [9.17, 15) is 5.11 Å². The number of aliphatic hydroxyl groups is 1. The molecule has 0 aromatic carbocycles. The van der Waals surface area contributed by atoms with Gasteiger partial charge in [-0.15, -0.1) is 5.10 Å². The van der Waals surface area contributed by atoms with Gasteiger partial charge >= 0.3 is 0 Å². The molecule has 0 spiro atoms. The van der Waals surface area contributed by atoms with E-state index in [-0.39, 0.29) is 11.6 Å². The summed E-state index contributed by atoms with van der Waals surface area (Å²) in [7, 11) is 0. The number of pyridine rings is 1. The Balaban J connectivity index is 1.36. The summed E-state index contributed by atoms with van der Waals surface area (Å²) in [5, 5.41) is 19.2.